The van der Waals surface area contributed by atoms with Gasteiger partial charge in [-0.05, 0) is 56.6 Å². The third kappa shape index (κ3) is 4.39. The molecule has 9 heteroatoms. The van der Waals surface area contributed by atoms with Gasteiger partial charge in [0, 0.05) is 36.0 Å². The number of nitrogens with one attached hydrogen (secondary N) is 4. The molecule has 0 saturated carbocycles. The van der Waals surface area contributed by atoms with Gasteiger partial charge >= 0.3 is 6.03 Å². The van der Waals surface area contributed by atoms with Crippen LogP contribution < -0.4 is 30.9 Å². The lowest BCUT2D eigenvalue weighted by Gasteiger charge is -2.45. The topological polar surface area (TPSA) is 94.7 Å². The van der Waals surface area contributed by atoms with E-state index in [0.717, 1.165) is 56.0 Å². The normalized spacial score (nSPS) is 27.8. The summed E-state index contributed by atoms with van der Waals surface area (Å²) < 4.78 is 6.01. The first-order valence-electron chi connectivity index (χ1n) is 12.3. The Morgan fingerprint density at radius 3 is 2.74 bits per heavy atom. The van der Waals surface area contributed by atoms with Crippen LogP contribution in [0.2, 0.25) is 0 Å². The van der Waals surface area contributed by atoms with E-state index in [-0.39, 0.29) is 35.3 Å². The van der Waals surface area contributed by atoms with Gasteiger partial charge in [-0.25, -0.2) is 4.79 Å². The zero-order valence-corrected chi connectivity index (χ0v) is 20.1. The summed E-state index contributed by atoms with van der Waals surface area (Å²) in [5.74, 6) is 1.36. The molecule has 2 aromatic carbocycles. The van der Waals surface area contributed by atoms with E-state index in [9.17, 15) is 9.59 Å². The first-order chi connectivity index (χ1) is 17.2. The van der Waals surface area contributed by atoms with Crippen molar-refractivity contribution in [1.29, 1.82) is 0 Å². The predicted octanol–water partition coefficient (Wildman–Crippen LogP) is 3.14. The quantitative estimate of drug-likeness (QED) is 0.514. The van der Waals surface area contributed by atoms with Gasteiger partial charge in [0.05, 0.1) is 16.3 Å². The highest BCUT2D eigenvalue weighted by Crippen LogP contribution is 2.48. The smallest absolute Gasteiger partial charge is 0.326 e. The maximum absolute atomic E-state index is 13.4. The van der Waals surface area contributed by atoms with E-state index in [1.165, 1.54) is 0 Å². The van der Waals surface area contributed by atoms with Crippen LogP contribution in [0.25, 0.3) is 0 Å². The lowest BCUT2D eigenvalue weighted by atomic mass is 9.86. The Kier molecular flexibility index (Phi) is 6.13. The molecule has 35 heavy (non-hydrogen) atoms. The minimum atomic E-state index is -0.203. The number of anilines is 1. The van der Waals surface area contributed by atoms with Crippen molar-refractivity contribution in [3.63, 3.8) is 0 Å². The number of thioether (sulfide) groups is 1. The number of para-hydroxylation sites is 1. The number of piperidine rings is 2. The molecule has 0 spiro atoms. The van der Waals surface area contributed by atoms with Crippen molar-refractivity contribution < 1.29 is 14.3 Å². The highest BCUT2D eigenvalue weighted by atomic mass is 32.2. The van der Waals surface area contributed by atoms with Crippen molar-refractivity contribution in [2.24, 2.45) is 5.92 Å². The molecule has 4 aliphatic heterocycles. The molecular weight excluding hydrogens is 462 g/mol. The summed E-state index contributed by atoms with van der Waals surface area (Å²) in [6, 6.07) is 17.1. The summed E-state index contributed by atoms with van der Waals surface area (Å²) in [5, 5.41) is 13.2. The molecule has 4 atom stereocenters. The average Bonchev–Trinajstić information content (AvgIpc) is 3.25. The zero-order valence-electron chi connectivity index (χ0n) is 19.3. The van der Waals surface area contributed by atoms with Gasteiger partial charge in [-0.1, -0.05) is 36.0 Å². The summed E-state index contributed by atoms with van der Waals surface area (Å²) in [6.45, 7) is 2.57. The number of rotatable bonds is 5. The number of carbonyl (C=O) groups is 2. The van der Waals surface area contributed by atoms with E-state index in [1.807, 2.05) is 59.5 Å². The number of hydrogen-bond acceptors (Lipinski definition) is 6. The van der Waals surface area contributed by atoms with Crippen molar-refractivity contribution in [2.75, 3.05) is 24.5 Å². The average molecular weight is 492 g/mol. The second-order valence-corrected chi connectivity index (χ2v) is 10.5. The van der Waals surface area contributed by atoms with E-state index < -0.39 is 0 Å². The molecule has 3 saturated heterocycles. The van der Waals surface area contributed by atoms with Crippen molar-refractivity contribution in [2.45, 2.75) is 36.7 Å². The highest BCUT2D eigenvalue weighted by molar-refractivity contribution is 8.04. The fourth-order valence-corrected chi connectivity index (χ4v) is 6.87. The summed E-state index contributed by atoms with van der Waals surface area (Å²) in [6.07, 6.45) is 2.84. The van der Waals surface area contributed by atoms with Crippen LogP contribution in [0.4, 0.5) is 10.5 Å². The molecule has 182 valence electrons. The van der Waals surface area contributed by atoms with Crippen molar-refractivity contribution in [1.82, 2.24) is 21.3 Å². The minimum absolute atomic E-state index is 0.0235. The summed E-state index contributed by atoms with van der Waals surface area (Å²) >= 11 is 1.54. The number of benzene rings is 2. The van der Waals surface area contributed by atoms with E-state index in [0.29, 0.717) is 10.7 Å². The molecule has 4 aliphatic rings. The predicted molar refractivity (Wildman–Crippen MR) is 136 cm³/mol. The Bertz CT molecular complexity index is 1150. The number of nitrogens with zero attached hydrogens (tertiary/aromatic N) is 1. The highest BCUT2D eigenvalue weighted by Gasteiger charge is 2.51. The number of amides is 3. The molecule has 3 fully saturated rings. The molecule has 4 N–H and O–H groups in total. The first-order valence-corrected chi connectivity index (χ1v) is 13.1. The fraction of sp³-hybridized carbons (Fsp3) is 0.385. The zero-order chi connectivity index (χ0) is 23.8. The van der Waals surface area contributed by atoms with Gasteiger partial charge < -0.3 is 26.0 Å². The number of hydrogen-bond donors (Lipinski definition) is 4. The largest absolute Gasteiger partial charge is 0.457 e. The van der Waals surface area contributed by atoms with Crippen LogP contribution in [0.1, 0.15) is 19.3 Å². The molecule has 3 unspecified atom stereocenters. The first kappa shape index (κ1) is 22.5. The second-order valence-electron chi connectivity index (χ2n) is 9.35. The minimum Gasteiger partial charge on any atom is -0.457 e. The van der Waals surface area contributed by atoms with Crippen LogP contribution in [0.3, 0.4) is 0 Å². The van der Waals surface area contributed by atoms with Crippen molar-refractivity contribution in [3.8, 4) is 11.5 Å². The lowest BCUT2D eigenvalue weighted by Crippen LogP contribution is -2.62. The molecule has 3 amide bonds. The van der Waals surface area contributed by atoms with Gasteiger partial charge in [-0.3, -0.25) is 9.69 Å². The van der Waals surface area contributed by atoms with E-state index in [2.05, 4.69) is 21.3 Å². The summed E-state index contributed by atoms with van der Waals surface area (Å²) in [7, 11) is 0. The van der Waals surface area contributed by atoms with E-state index >= 15 is 0 Å². The Labute approximate surface area is 208 Å². The van der Waals surface area contributed by atoms with Crippen LogP contribution in [0.5, 0.6) is 11.5 Å². The monoisotopic (exact) mass is 491 g/mol. The Morgan fingerprint density at radius 1 is 1.06 bits per heavy atom. The third-order valence-electron chi connectivity index (χ3n) is 7.05. The molecule has 0 aromatic heterocycles. The summed E-state index contributed by atoms with van der Waals surface area (Å²) in [5.41, 5.74) is 1.55. The van der Waals surface area contributed by atoms with Gasteiger partial charge in [0.1, 0.15) is 11.5 Å². The maximum atomic E-state index is 13.4. The fourth-order valence-electron chi connectivity index (χ4n) is 5.47. The number of carbonyl (C=O) groups excluding carboxylic acids is 2. The standard InChI is InChI=1S/C26H29N5O3S/c32-24(29-16-6-5-12-27-15-16)23-22-21-20(11-13-28-25(21)35-23)31(26(33)30-22)17-7-4-10-19(14-17)34-18-8-2-1-3-9-18/h1-4,7-10,14,16,20-21,25,27-28H,5-6,11-13,15H2,(H,29,32)(H,30,33)/t16-,20?,21?,25?/m1/s1. The van der Waals surface area contributed by atoms with Crippen molar-refractivity contribution >= 4 is 29.4 Å². The van der Waals surface area contributed by atoms with Gasteiger partial charge in [0.2, 0.25) is 0 Å². The van der Waals surface area contributed by atoms with Crippen LogP contribution in [-0.2, 0) is 4.79 Å². The Hall–Kier alpha value is -3.01. The molecule has 0 radical (unpaired) electrons. The Morgan fingerprint density at radius 2 is 1.91 bits per heavy atom. The summed E-state index contributed by atoms with van der Waals surface area (Å²) in [4.78, 5) is 29.1. The molecule has 0 aliphatic carbocycles. The molecular formula is C26H29N5O3S. The van der Waals surface area contributed by atoms with E-state index in [1.54, 1.807) is 11.8 Å². The van der Waals surface area contributed by atoms with Crippen LogP contribution >= 0.6 is 11.8 Å². The number of ether oxygens (including phenoxy) is 1. The molecule has 0 bridgehead atoms. The number of urea groups is 1. The molecule has 2 aromatic rings. The molecule has 4 heterocycles. The van der Waals surface area contributed by atoms with Crippen LogP contribution in [-0.4, -0.2) is 49.0 Å². The van der Waals surface area contributed by atoms with Gasteiger partial charge in [0.15, 0.2) is 0 Å². The maximum Gasteiger partial charge on any atom is 0.326 e. The van der Waals surface area contributed by atoms with Crippen LogP contribution in [0.15, 0.2) is 65.2 Å². The van der Waals surface area contributed by atoms with Crippen LogP contribution in [0, 0.1) is 5.92 Å². The lowest BCUT2D eigenvalue weighted by molar-refractivity contribution is -0.117. The van der Waals surface area contributed by atoms with E-state index in [4.69, 9.17) is 4.74 Å². The molecule has 6 rings (SSSR count). The SMILES string of the molecule is O=C(N[C@@H]1CCCNC1)C1=C2NC(=O)N(c3cccc(Oc4ccccc4)c3)C3CCNC(S1)C23. The van der Waals surface area contributed by atoms with Gasteiger partial charge in [-0.15, -0.1) is 0 Å². The third-order valence-corrected chi connectivity index (χ3v) is 8.41. The Balaban J connectivity index is 1.26. The van der Waals surface area contributed by atoms with Gasteiger partial charge in [0.25, 0.3) is 5.91 Å². The van der Waals surface area contributed by atoms with Crippen molar-refractivity contribution in [3.05, 3.63) is 65.2 Å². The molecule has 8 nitrogen and oxygen atoms in total. The van der Waals surface area contributed by atoms with Gasteiger partial charge in [-0.2, -0.15) is 0 Å². The second kappa shape index (κ2) is 9.56.